The third kappa shape index (κ3) is 5.31. The Hall–Kier alpha value is -3.16. The Bertz CT molecular complexity index is 1110. The summed E-state index contributed by atoms with van der Waals surface area (Å²) in [4.78, 5) is 13.1. The van der Waals surface area contributed by atoms with Crippen LogP contribution in [-0.2, 0) is 10.0 Å². The Morgan fingerprint density at radius 1 is 0.903 bits per heavy atom. The molecule has 3 aromatic rings. The Morgan fingerprint density at radius 2 is 1.48 bits per heavy atom. The van der Waals surface area contributed by atoms with Crippen LogP contribution in [-0.4, -0.2) is 39.3 Å². The molecule has 0 heterocycles. The van der Waals surface area contributed by atoms with Crippen LogP contribution in [0.5, 0.6) is 5.75 Å². The summed E-state index contributed by atoms with van der Waals surface area (Å²) in [6.45, 7) is 2.51. The van der Waals surface area contributed by atoms with E-state index < -0.39 is 10.0 Å². The lowest BCUT2D eigenvalue weighted by Gasteiger charge is -2.20. The van der Waals surface area contributed by atoms with Crippen LogP contribution >= 0.6 is 0 Å². The minimum atomic E-state index is -3.55. The molecule has 1 N–H and O–H groups in total. The standard InChI is InChI=1S/C24H26N2O4S/c1-4-30-21-14-10-19(11-15-21)23(18-8-6-5-7-9-18)25-24(27)20-12-16-22(17-13-20)31(28,29)26(2)3/h5-17,23H,4H2,1-3H3,(H,25,27). The molecule has 1 amide bonds. The number of hydrogen-bond acceptors (Lipinski definition) is 4. The second-order valence-electron chi connectivity index (χ2n) is 7.13. The summed E-state index contributed by atoms with van der Waals surface area (Å²) in [7, 11) is -0.609. The first-order valence-electron chi connectivity index (χ1n) is 9.94. The molecular formula is C24H26N2O4S. The number of nitrogens with zero attached hydrogens (tertiary/aromatic N) is 1. The molecule has 0 saturated carbocycles. The van der Waals surface area contributed by atoms with Gasteiger partial charge in [0.15, 0.2) is 0 Å². The lowest BCUT2D eigenvalue weighted by atomic mass is 9.98. The lowest BCUT2D eigenvalue weighted by Crippen LogP contribution is -2.29. The predicted octanol–water partition coefficient (Wildman–Crippen LogP) is 3.86. The van der Waals surface area contributed by atoms with Gasteiger partial charge in [-0.1, -0.05) is 42.5 Å². The largest absolute Gasteiger partial charge is 0.494 e. The van der Waals surface area contributed by atoms with Gasteiger partial charge >= 0.3 is 0 Å². The van der Waals surface area contributed by atoms with E-state index in [1.165, 1.54) is 38.4 Å². The van der Waals surface area contributed by atoms with Gasteiger partial charge in [-0.15, -0.1) is 0 Å². The molecule has 1 atom stereocenters. The molecule has 31 heavy (non-hydrogen) atoms. The average molecular weight is 439 g/mol. The Morgan fingerprint density at radius 3 is 2.03 bits per heavy atom. The van der Waals surface area contributed by atoms with Gasteiger partial charge in [-0.05, 0) is 54.4 Å². The van der Waals surface area contributed by atoms with Gasteiger partial charge in [-0.25, -0.2) is 12.7 Å². The van der Waals surface area contributed by atoms with Gasteiger partial charge in [-0.3, -0.25) is 4.79 Å². The van der Waals surface area contributed by atoms with Crippen molar-refractivity contribution < 1.29 is 17.9 Å². The quantitative estimate of drug-likeness (QED) is 0.580. The number of rotatable bonds is 8. The number of sulfonamides is 1. The van der Waals surface area contributed by atoms with Crippen LogP contribution < -0.4 is 10.1 Å². The van der Waals surface area contributed by atoms with Crippen molar-refractivity contribution in [2.45, 2.75) is 17.9 Å². The van der Waals surface area contributed by atoms with Crippen LogP contribution in [0.2, 0.25) is 0 Å². The fourth-order valence-electron chi connectivity index (χ4n) is 3.13. The number of carbonyl (C=O) groups is 1. The number of ether oxygens (including phenoxy) is 1. The molecule has 0 spiro atoms. The Kier molecular flexibility index (Phi) is 7.09. The van der Waals surface area contributed by atoms with Gasteiger partial charge < -0.3 is 10.1 Å². The molecule has 0 fully saturated rings. The molecule has 0 aliphatic heterocycles. The fraction of sp³-hybridized carbons (Fsp3) is 0.208. The number of nitrogens with one attached hydrogen (secondary N) is 1. The third-order valence-electron chi connectivity index (χ3n) is 4.83. The molecule has 3 rings (SSSR count). The van der Waals surface area contributed by atoms with Crippen LogP contribution in [0.25, 0.3) is 0 Å². The van der Waals surface area contributed by atoms with Crippen LogP contribution in [0.1, 0.15) is 34.5 Å². The number of amides is 1. The number of carbonyl (C=O) groups excluding carboxylic acids is 1. The molecular weight excluding hydrogens is 412 g/mol. The summed E-state index contributed by atoms with van der Waals surface area (Å²) in [5, 5.41) is 3.06. The van der Waals surface area contributed by atoms with E-state index in [9.17, 15) is 13.2 Å². The zero-order valence-electron chi connectivity index (χ0n) is 17.8. The molecule has 6 nitrogen and oxygen atoms in total. The predicted molar refractivity (Wildman–Crippen MR) is 121 cm³/mol. The molecule has 0 aliphatic carbocycles. The van der Waals surface area contributed by atoms with Gasteiger partial charge in [-0.2, -0.15) is 0 Å². The molecule has 162 valence electrons. The van der Waals surface area contributed by atoms with Crippen LogP contribution in [0, 0.1) is 0 Å². The van der Waals surface area contributed by atoms with Crippen LogP contribution in [0.4, 0.5) is 0 Å². The number of benzene rings is 3. The van der Waals surface area contributed by atoms with E-state index in [2.05, 4.69) is 5.32 Å². The van der Waals surface area contributed by atoms with E-state index in [0.29, 0.717) is 12.2 Å². The van der Waals surface area contributed by atoms with Crippen molar-refractivity contribution in [3.05, 3.63) is 95.6 Å². The summed E-state index contributed by atoms with van der Waals surface area (Å²) in [6, 6.07) is 22.8. The Balaban J connectivity index is 1.87. The topological polar surface area (TPSA) is 75.7 Å². The van der Waals surface area contributed by atoms with Crippen molar-refractivity contribution in [2.24, 2.45) is 0 Å². The van der Waals surface area contributed by atoms with Crippen molar-refractivity contribution in [2.75, 3.05) is 20.7 Å². The highest BCUT2D eigenvalue weighted by atomic mass is 32.2. The maximum absolute atomic E-state index is 13.0. The van der Waals surface area contributed by atoms with Crippen molar-refractivity contribution in [3.63, 3.8) is 0 Å². The first-order valence-corrected chi connectivity index (χ1v) is 11.4. The normalized spacial score (nSPS) is 12.4. The minimum absolute atomic E-state index is 0.139. The fourth-order valence-corrected chi connectivity index (χ4v) is 4.03. The average Bonchev–Trinajstić information content (AvgIpc) is 2.79. The van der Waals surface area contributed by atoms with E-state index in [1.54, 1.807) is 0 Å². The van der Waals surface area contributed by atoms with Crippen molar-refractivity contribution in [1.82, 2.24) is 9.62 Å². The highest BCUT2D eigenvalue weighted by Gasteiger charge is 2.20. The highest BCUT2D eigenvalue weighted by molar-refractivity contribution is 7.89. The first-order chi connectivity index (χ1) is 14.8. The highest BCUT2D eigenvalue weighted by Crippen LogP contribution is 2.25. The smallest absolute Gasteiger partial charge is 0.252 e. The molecule has 7 heteroatoms. The van der Waals surface area contributed by atoms with Crippen molar-refractivity contribution in [3.8, 4) is 5.75 Å². The summed E-state index contributed by atoms with van der Waals surface area (Å²) in [6.07, 6.45) is 0. The van der Waals surface area contributed by atoms with E-state index in [4.69, 9.17) is 4.74 Å². The van der Waals surface area contributed by atoms with E-state index >= 15 is 0 Å². The van der Waals surface area contributed by atoms with Gasteiger partial charge in [0.25, 0.3) is 5.91 Å². The molecule has 0 radical (unpaired) electrons. The van der Waals surface area contributed by atoms with Gasteiger partial charge in [0.2, 0.25) is 10.0 Å². The molecule has 3 aromatic carbocycles. The van der Waals surface area contributed by atoms with E-state index in [1.807, 2.05) is 61.5 Å². The maximum Gasteiger partial charge on any atom is 0.252 e. The monoisotopic (exact) mass is 438 g/mol. The molecule has 0 aromatic heterocycles. The van der Waals surface area contributed by atoms with Crippen molar-refractivity contribution >= 4 is 15.9 Å². The van der Waals surface area contributed by atoms with Crippen LogP contribution in [0.15, 0.2) is 83.8 Å². The van der Waals surface area contributed by atoms with Gasteiger partial charge in [0.1, 0.15) is 5.75 Å². The van der Waals surface area contributed by atoms with Crippen molar-refractivity contribution in [1.29, 1.82) is 0 Å². The molecule has 1 unspecified atom stereocenters. The second-order valence-corrected chi connectivity index (χ2v) is 9.28. The zero-order valence-corrected chi connectivity index (χ0v) is 18.6. The van der Waals surface area contributed by atoms with E-state index in [0.717, 1.165) is 21.2 Å². The molecule has 0 bridgehead atoms. The third-order valence-corrected chi connectivity index (χ3v) is 6.66. The Labute approximate surface area is 183 Å². The van der Waals surface area contributed by atoms with E-state index in [-0.39, 0.29) is 16.8 Å². The maximum atomic E-state index is 13.0. The van der Waals surface area contributed by atoms with Gasteiger partial charge in [0.05, 0.1) is 17.5 Å². The first kappa shape index (κ1) is 22.5. The summed E-state index contributed by atoms with van der Waals surface area (Å²) in [5.41, 5.74) is 2.23. The van der Waals surface area contributed by atoms with Gasteiger partial charge in [0, 0.05) is 19.7 Å². The van der Waals surface area contributed by atoms with Crippen LogP contribution in [0.3, 0.4) is 0 Å². The minimum Gasteiger partial charge on any atom is -0.494 e. The summed E-state index contributed by atoms with van der Waals surface area (Å²) >= 11 is 0. The lowest BCUT2D eigenvalue weighted by molar-refractivity contribution is 0.0943. The molecule has 0 saturated heterocycles. The SMILES string of the molecule is CCOc1ccc(C(NC(=O)c2ccc(S(=O)(=O)N(C)C)cc2)c2ccccc2)cc1. The second kappa shape index (κ2) is 9.76. The summed E-state index contributed by atoms with van der Waals surface area (Å²) in [5.74, 6) is 0.471. The molecule has 0 aliphatic rings. The number of hydrogen-bond donors (Lipinski definition) is 1. The summed E-state index contributed by atoms with van der Waals surface area (Å²) < 4.78 is 31.2. The zero-order chi connectivity index (χ0) is 22.4.